The Morgan fingerprint density at radius 1 is 1.27 bits per heavy atom. The summed E-state index contributed by atoms with van der Waals surface area (Å²) in [4.78, 5) is 7.49. The van der Waals surface area contributed by atoms with Gasteiger partial charge in [-0.2, -0.15) is 5.10 Å². The predicted molar refractivity (Wildman–Crippen MR) is 117 cm³/mol. The molecule has 33 heavy (non-hydrogen) atoms. The third kappa shape index (κ3) is 4.23. The summed E-state index contributed by atoms with van der Waals surface area (Å²) in [5, 5.41) is 23.6. The van der Waals surface area contributed by atoms with Crippen molar-refractivity contribution >= 4 is 11.0 Å². The molecule has 4 rings (SSSR count). The van der Waals surface area contributed by atoms with Crippen LogP contribution >= 0.6 is 0 Å². The average Bonchev–Trinajstić information content (AvgIpc) is 3.43. The van der Waals surface area contributed by atoms with Crippen LogP contribution in [0.5, 0.6) is 0 Å². The highest BCUT2D eigenvalue weighted by molar-refractivity contribution is 5.84. The van der Waals surface area contributed by atoms with Gasteiger partial charge in [0.2, 0.25) is 0 Å². The van der Waals surface area contributed by atoms with Crippen LogP contribution in [0.25, 0.3) is 22.2 Å². The summed E-state index contributed by atoms with van der Waals surface area (Å²) in [5.41, 5.74) is 0.730. The predicted octanol–water partition coefficient (Wildman–Crippen LogP) is 3.04. The molecule has 3 atom stereocenters. The number of nitrogens with one attached hydrogen (secondary N) is 1. The molecule has 3 aromatic rings. The van der Waals surface area contributed by atoms with Gasteiger partial charge in [0.25, 0.3) is 0 Å². The zero-order valence-corrected chi connectivity index (χ0v) is 18.5. The van der Waals surface area contributed by atoms with Gasteiger partial charge in [-0.3, -0.25) is 4.68 Å². The fraction of sp³-hybridized carbons (Fsp3) is 0.391. The largest absolute Gasteiger partial charge is 0.498 e. The zero-order valence-electron chi connectivity index (χ0n) is 18.5. The second-order valence-corrected chi connectivity index (χ2v) is 8.18. The second kappa shape index (κ2) is 8.95. The van der Waals surface area contributed by atoms with Crippen LogP contribution in [0.4, 0.5) is 8.78 Å². The van der Waals surface area contributed by atoms with E-state index in [0.29, 0.717) is 11.2 Å². The molecule has 0 spiro atoms. The summed E-state index contributed by atoms with van der Waals surface area (Å²) in [6, 6.07) is 1.88. The number of allylic oxidation sites excluding steroid dienone is 3. The SMILES string of the molecule is COC1=CC(OC)=C(F)C(Cc2c[nH]c3ncc(-c4cnn(CC(O)CO)c4)cc23)C1(C)F. The molecule has 8 nitrogen and oxygen atoms in total. The number of hydrogen-bond donors (Lipinski definition) is 3. The van der Waals surface area contributed by atoms with E-state index in [4.69, 9.17) is 14.6 Å². The van der Waals surface area contributed by atoms with Gasteiger partial charge in [-0.25, -0.2) is 13.8 Å². The number of aromatic amines is 1. The number of aromatic nitrogens is 4. The molecule has 0 saturated carbocycles. The Morgan fingerprint density at radius 2 is 2.06 bits per heavy atom. The number of rotatable bonds is 8. The number of hydrogen-bond acceptors (Lipinski definition) is 6. The average molecular weight is 460 g/mol. The van der Waals surface area contributed by atoms with Crippen LogP contribution in [0.1, 0.15) is 12.5 Å². The Labute approximate surface area is 189 Å². The molecule has 1 aliphatic carbocycles. The van der Waals surface area contributed by atoms with E-state index >= 15 is 8.78 Å². The smallest absolute Gasteiger partial charge is 0.174 e. The second-order valence-electron chi connectivity index (χ2n) is 8.18. The Hall–Kier alpha value is -3.24. The number of methoxy groups -OCH3 is 2. The third-order valence-electron chi connectivity index (χ3n) is 6.00. The maximum atomic E-state index is 15.6. The van der Waals surface area contributed by atoms with Crippen LogP contribution in [0.2, 0.25) is 0 Å². The highest BCUT2D eigenvalue weighted by Gasteiger charge is 2.46. The number of H-pyrrole nitrogens is 1. The van der Waals surface area contributed by atoms with Crippen molar-refractivity contribution in [1.29, 1.82) is 0 Å². The van der Waals surface area contributed by atoms with Crippen molar-refractivity contribution < 1.29 is 28.5 Å². The molecule has 0 amide bonds. The van der Waals surface area contributed by atoms with E-state index in [1.54, 1.807) is 24.8 Å². The van der Waals surface area contributed by atoms with Crippen molar-refractivity contribution in [1.82, 2.24) is 19.7 Å². The van der Waals surface area contributed by atoms with Crippen molar-refractivity contribution in [3.63, 3.8) is 0 Å². The Morgan fingerprint density at radius 3 is 2.76 bits per heavy atom. The minimum Gasteiger partial charge on any atom is -0.498 e. The van der Waals surface area contributed by atoms with Gasteiger partial charge in [-0.15, -0.1) is 0 Å². The number of alkyl halides is 1. The molecular formula is C23H26F2N4O4. The van der Waals surface area contributed by atoms with Crippen molar-refractivity contribution in [3.05, 3.63) is 59.8 Å². The molecule has 176 valence electrons. The Bertz CT molecular complexity index is 1210. The number of nitrogens with zero attached hydrogens (tertiary/aromatic N) is 3. The van der Waals surface area contributed by atoms with E-state index in [9.17, 15) is 5.11 Å². The van der Waals surface area contributed by atoms with Gasteiger partial charge in [0.15, 0.2) is 11.4 Å². The first-order valence-corrected chi connectivity index (χ1v) is 10.4. The number of ether oxygens (including phenoxy) is 2. The maximum Gasteiger partial charge on any atom is 0.174 e. The molecule has 0 aliphatic heterocycles. The van der Waals surface area contributed by atoms with E-state index < -0.39 is 23.5 Å². The van der Waals surface area contributed by atoms with Gasteiger partial charge in [-0.05, 0) is 25.0 Å². The quantitative estimate of drug-likeness (QED) is 0.477. The topological polar surface area (TPSA) is 105 Å². The number of halogens is 2. The summed E-state index contributed by atoms with van der Waals surface area (Å²) < 4.78 is 42.6. The molecule has 0 bridgehead atoms. The molecule has 1 aliphatic rings. The van der Waals surface area contributed by atoms with Crippen molar-refractivity contribution in [2.24, 2.45) is 5.92 Å². The number of aliphatic hydroxyl groups is 2. The van der Waals surface area contributed by atoms with Crippen molar-refractivity contribution in [3.8, 4) is 11.1 Å². The number of pyridine rings is 1. The lowest BCUT2D eigenvalue weighted by atomic mass is 9.79. The van der Waals surface area contributed by atoms with Gasteiger partial charge >= 0.3 is 0 Å². The molecule has 3 N–H and O–H groups in total. The lowest BCUT2D eigenvalue weighted by Crippen LogP contribution is -2.38. The van der Waals surface area contributed by atoms with E-state index in [1.165, 1.54) is 31.9 Å². The summed E-state index contributed by atoms with van der Waals surface area (Å²) in [6.07, 6.45) is 7.11. The summed E-state index contributed by atoms with van der Waals surface area (Å²) in [7, 11) is 2.68. The summed E-state index contributed by atoms with van der Waals surface area (Å²) in [5.74, 6) is -1.87. The first-order chi connectivity index (χ1) is 15.8. The molecule has 3 unspecified atom stereocenters. The van der Waals surface area contributed by atoms with Gasteiger partial charge in [0.05, 0.1) is 45.6 Å². The van der Waals surface area contributed by atoms with Crippen LogP contribution in [0, 0.1) is 5.92 Å². The number of fused-ring (bicyclic) bond motifs is 1. The lowest BCUT2D eigenvalue weighted by Gasteiger charge is -2.34. The van der Waals surface area contributed by atoms with Crippen LogP contribution in [-0.4, -0.2) is 62.6 Å². The standard InChI is InChI=1S/C23H26F2N4O4/c1-23(25)18(21(24)19(32-2)6-20(23)33-3)5-14-8-27-22-17(14)4-13(7-26-22)15-9-28-29(10-15)11-16(31)12-30/h4,6-10,16,18,30-31H,5,11-12H2,1-3H3,(H,26,27). The van der Waals surface area contributed by atoms with Gasteiger partial charge < -0.3 is 24.7 Å². The molecule has 0 saturated heterocycles. The van der Waals surface area contributed by atoms with Crippen LogP contribution < -0.4 is 0 Å². The lowest BCUT2D eigenvalue weighted by molar-refractivity contribution is 0.0631. The van der Waals surface area contributed by atoms with E-state index in [-0.39, 0.29) is 31.1 Å². The Kier molecular flexibility index (Phi) is 6.22. The maximum absolute atomic E-state index is 15.6. The van der Waals surface area contributed by atoms with Crippen LogP contribution in [-0.2, 0) is 22.4 Å². The van der Waals surface area contributed by atoms with Crippen molar-refractivity contribution in [2.75, 3.05) is 20.8 Å². The molecule has 3 heterocycles. The first kappa shape index (κ1) is 22.9. The third-order valence-corrected chi connectivity index (χ3v) is 6.00. The summed E-state index contributed by atoms with van der Waals surface area (Å²) >= 11 is 0. The van der Waals surface area contributed by atoms with Gasteiger partial charge in [-0.1, -0.05) is 0 Å². The monoisotopic (exact) mass is 460 g/mol. The molecule has 0 aromatic carbocycles. The van der Waals surface area contributed by atoms with Crippen LogP contribution in [0.15, 0.2) is 54.3 Å². The number of aliphatic hydroxyl groups excluding tert-OH is 2. The normalized spacial score (nSPS) is 21.9. The Balaban J connectivity index is 1.67. The molecule has 10 heteroatoms. The molecule has 0 fully saturated rings. The summed E-state index contributed by atoms with van der Waals surface area (Å²) in [6.45, 7) is 1.09. The minimum absolute atomic E-state index is 0.00175. The molecule has 0 radical (unpaired) electrons. The minimum atomic E-state index is -2.07. The molecule has 3 aromatic heterocycles. The van der Waals surface area contributed by atoms with E-state index in [1.807, 2.05) is 6.07 Å². The highest BCUT2D eigenvalue weighted by atomic mass is 19.2. The zero-order chi connectivity index (χ0) is 23.8. The van der Waals surface area contributed by atoms with Crippen molar-refractivity contribution in [2.45, 2.75) is 31.7 Å². The van der Waals surface area contributed by atoms with Gasteiger partial charge in [0, 0.05) is 41.2 Å². The fourth-order valence-electron chi connectivity index (χ4n) is 4.10. The van der Waals surface area contributed by atoms with Crippen LogP contribution in [0.3, 0.4) is 0 Å². The van der Waals surface area contributed by atoms with E-state index in [2.05, 4.69) is 15.1 Å². The fourth-order valence-corrected chi connectivity index (χ4v) is 4.10. The van der Waals surface area contributed by atoms with E-state index in [0.717, 1.165) is 16.5 Å². The molecular weight excluding hydrogens is 434 g/mol. The highest BCUT2D eigenvalue weighted by Crippen LogP contribution is 2.44. The van der Waals surface area contributed by atoms with Gasteiger partial charge in [0.1, 0.15) is 17.2 Å². The first-order valence-electron chi connectivity index (χ1n) is 10.4.